The standard InChI is InChI=1S/C11H14N2O4/c1-7(2-3-10(15)16)13-11(17)8-4-5-12-6-9(8)14/h4-7,14H,2-3H2,1H3,(H,13,17)(H,15,16). The van der Waals surface area contributed by atoms with Crippen molar-refractivity contribution in [2.24, 2.45) is 0 Å². The highest BCUT2D eigenvalue weighted by Crippen LogP contribution is 2.13. The molecular formula is C11H14N2O4. The van der Waals surface area contributed by atoms with Gasteiger partial charge >= 0.3 is 5.97 Å². The van der Waals surface area contributed by atoms with Gasteiger partial charge < -0.3 is 15.5 Å². The second kappa shape index (κ2) is 5.83. The molecule has 1 unspecified atom stereocenters. The zero-order valence-electron chi connectivity index (χ0n) is 9.38. The Morgan fingerprint density at radius 2 is 2.24 bits per heavy atom. The Labute approximate surface area is 98.3 Å². The predicted octanol–water partition coefficient (Wildman–Crippen LogP) is 0.770. The molecule has 0 bridgehead atoms. The van der Waals surface area contributed by atoms with E-state index in [0.29, 0.717) is 6.42 Å². The summed E-state index contributed by atoms with van der Waals surface area (Å²) in [7, 11) is 0. The lowest BCUT2D eigenvalue weighted by atomic mass is 10.1. The Kier molecular flexibility index (Phi) is 4.45. The highest BCUT2D eigenvalue weighted by molar-refractivity contribution is 5.96. The summed E-state index contributed by atoms with van der Waals surface area (Å²) in [4.78, 5) is 25.7. The maximum atomic E-state index is 11.7. The Morgan fingerprint density at radius 3 is 2.82 bits per heavy atom. The van der Waals surface area contributed by atoms with Crippen molar-refractivity contribution in [2.45, 2.75) is 25.8 Å². The largest absolute Gasteiger partial charge is 0.505 e. The molecule has 0 aromatic carbocycles. The predicted molar refractivity (Wildman–Crippen MR) is 59.7 cm³/mol. The third-order valence-corrected chi connectivity index (χ3v) is 2.21. The van der Waals surface area contributed by atoms with Crippen molar-refractivity contribution >= 4 is 11.9 Å². The first-order valence-corrected chi connectivity index (χ1v) is 5.16. The summed E-state index contributed by atoms with van der Waals surface area (Å²) in [5, 5.41) is 20.5. The highest BCUT2D eigenvalue weighted by atomic mass is 16.4. The van der Waals surface area contributed by atoms with Crippen molar-refractivity contribution in [3.63, 3.8) is 0 Å². The van der Waals surface area contributed by atoms with E-state index in [0.717, 1.165) is 0 Å². The molecule has 0 aliphatic rings. The van der Waals surface area contributed by atoms with E-state index in [1.165, 1.54) is 18.5 Å². The fourth-order valence-corrected chi connectivity index (χ4v) is 1.29. The van der Waals surface area contributed by atoms with Crippen molar-refractivity contribution < 1.29 is 19.8 Å². The van der Waals surface area contributed by atoms with E-state index in [1.54, 1.807) is 6.92 Å². The zero-order valence-corrected chi connectivity index (χ0v) is 9.38. The van der Waals surface area contributed by atoms with Crippen LogP contribution < -0.4 is 5.32 Å². The van der Waals surface area contributed by atoms with E-state index in [4.69, 9.17) is 5.11 Å². The molecule has 1 heterocycles. The second-order valence-corrected chi connectivity index (χ2v) is 3.70. The summed E-state index contributed by atoms with van der Waals surface area (Å²) >= 11 is 0. The quantitative estimate of drug-likeness (QED) is 0.703. The van der Waals surface area contributed by atoms with Crippen LogP contribution >= 0.6 is 0 Å². The van der Waals surface area contributed by atoms with Gasteiger partial charge in [0.05, 0.1) is 11.8 Å². The van der Waals surface area contributed by atoms with Crippen LogP contribution in [0.4, 0.5) is 0 Å². The number of hydrogen-bond donors (Lipinski definition) is 3. The smallest absolute Gasteiger partial charge is 0.303 e. The number of nitrogens with one attached hydrogen (secondary N) is 1. The second-order valence-electron chi connectivity index (χ2n) is 3.70. The van der Waals surface area contributed by atoms with Gasteiger partial charge in [0, 0.05) is 18.7 Å². The number of amides is 1. The molecule has 1 aromatic rings. The summed E-state index contributed by atoms with van der Waals surface area (Å²) in [5.74, 6) is -1.55. The number of pyridine rings is 1. The third-order valence-electron chi connectivity index (χ3n) is 2.21. The summed E-state index contributed by atoms with van der Waals surface area (Å²) in [6, 6.07) is 1.13. The van der Waals surface area contributed by atoms with Gasteiger partial charge in [-0.2, -0.15) is 0 Å². The van der Waals surface area contributed by atoms with Crippen molar-refractivity contribution in [2.75, 3.05) is 0 Å². The number of hydrogen-bond acceptors (Lipinski definition) is 4. The van der Waals surface area contributed by atoms with Crippen LogP contribution in [0.1, 0.15) is 30.1 Å². The average Bonchev–Trinajstić information content (AvgIpc) is 2.26. The van der Waals surface area contributed by atoms with Gasteiger partial charge in [0.25, 0.3) is 5.91 Å². The van der Waals surface area contributed by atoms with Gasteiger partial charge in [-0.15, -0.1) is 0 Å². The van der Waals surface area contributed by atoms with Crippen LogP contribution in [-0.2, 0) is 4.79 Å². The first-order chi connectivity index (χ1) is 8.00. The minimum atomic E-state index is -0.905. The number of carboxylic acids is 1. The number of aromatic hydroxyl groups is 1. The van der Waals surface area contributed by atoms with E-state index in [-0.39, 0.29) is 23.8 Å². The Morgan fingerprint density at radius 1 is 1.53 bits per heavy atom. The van der Waals surface area contributed by atoms with Crippen LogP contribution in [0.5, 0.6) is 5.75 Å². The van der Waals surface area contributed by atoms with Crippen LogP contribution in [-0.4, -0.2) is 33.1 Å². The number of carboxylic acid groups (broad SMARTS) is 1. The Hall–Kier alpha value is -2.11. The number of nitrogens with zero attached hydrogens (tertiary/aromatic N) is 1. The lowest BCUT2D eigenvalue weighted by Crippen LogP contribution is -2.33. The summed E-state index contributed by atoms with van der Waals surface area (Å²) in [6.07, 6.45) is 2.91. The topological polar surface area (TPSA) is 99.5 Å². The molecule has 1 rings (SSSR count). The number of aromatic nitrogens is 1. The first-order valence-electron chi connectivity index (χ1n) is 5.16. The maximum Gasteiger partial charge on any atom is 0.303 e. The van der Waals surface area contributed by atoms with Crippen LogP contribution in [0.2, 0.25) is 0 Å². The molecule has 0 saturated heterocycles. The average molecular weight is 238 g/mol. The van der Waals surface area contributed by atoms with Gasteiger partial charge in [-0.1, -0.05) is 0 Å². The first kappa shape index (κ1) is 13.0. The van der Waals surface area contributed by atoms with Crippen molar-refractivity contribution in [3.8, 4) is 5.75 Å². The molecule has 1 atom stereocenters. The van der Waals surface area contributed by atoms with Crippen LogP contribution in [0.15, 0.2) is 18.5 Å². The van der Waals surface area contributed by atoms with E-state index in [1.807, 2.05) is 0 Å². The molecule has 0 radical (unpaired) electrons. The molecule has 0 aliphatic heterocycles. The molecule has 0 fully saturated rings. The van der Waals surface area contributed by atoms with Crippen molar-refractivity contribution in [1.82, 2.24) is 10.3 Å². The SMILES string of the molecule is CC(CCC(=O)O)NC(=O)c1ccncc1O. The summed E-state index contributed by atoms with van der Waals surface area (Å²) < 4.78 is 0. The van der Waals surface area contributed by atoms with E-state index >= 15 is 0 Å². The van der Waals surface area contributed by atoms with Crippen molar-refractivity contribution in [3.05, 3.63) is 24.0 Å². The van der Waals surface area contributed by atoms with Crippen LogP contribution in [0.3, 0.4) is 0 Å². The van der Waals surface area contributed by atoms with Gasteiger partial charge in [-0.3, -0.25) is 14.6 Å². The highest BCUT2D eigenvalue weighted by Gasteiger charge is 2.13. The maximum absolute atomic E-state index is 11.7. The van der Waals surface area contributed by atoms with Gasteiger partial charge in [0.1, 0.15) is 5.75 Å². The van der Waals surface area contributed by atoms with Gasteiger partial charge in [-0.25, -0.2) is 0 Å². The normalized spacial score (nSPS) is 11.8. The summed E-state index contributed by atoms with van der Waals surface area (Å²) in [6.45, 7) is 1.71. The van der Waals surface area contributed by atoms with E-state index < -0.39 is 11.9 Å². The molecule has 92 valence electrons. The zero-order chi connectivity index (χ0) is 12.8. The Balaban J connectivity index is 2.55. The lowest BCUT2D eigenvalue weighted by Gasteiger charge is -2.13. The fraction of sp³-hybridized carbons (Fsp3) is 0.364. The van der Waals surface area contributed by atoms with Crippen LogP contribution in [0, 0.1) is 0 Å². The molecule has 3 N–H and O–H groups in total. The monoisotopic (exact) mass is 238 g/mol. The molecule has 17 heavy (non-hydrogen) atoms. The van der Waals surface area contributed by atoms with Crippen LogP contribution in [0.25, 0.3) is 0 Å². The van der Waals surface area contributed by atoms with Gasteiger partial charge in [0.2, 0.25) is 0 Å². The fourth-order valence-electron chi connectivity index (χ4n) is 1.29. The molecule has 0 saturated carbocycles. The molecule has 6 nitrogen and oxygen atoms in total. The van der Waals surface area contributed by atoms with Crippen molar-refractivity contribution in [1.29, 1.82) is 0 Å². The molecule has 0 spiro atoms. The van der Waals surface area contributed by atoms with Gasteiger partial charge in [-0.05, 0) is 19.4 Å². The molecule has 1 amide bonds. The number of aliphatic carboxylic acids is 1. The van der Waals surface area contributed by atoms with Gasteiger partial charge in [0.15, 0.2) is 0 Å². The molecule has 0 aliphatic carbocycles. The minimum Gasteiger partial charge on any atom is -0.505 e. The molecule has 1 aromatic heterocycles. The molecule has 6 heteroatoms. The number of carbonyl (C=O) groups is 2. The lowest BCUT2D eigenvalue weighted by molar-refractivity contribution is -0.137. The number of rotatable bonds is 5. The minimum absolute atomic E-state index is 0.0101. The van der Waals surface area contributed by atoms with E-state index in [9.17, 15) is 14.7 Å². The summed E-state index contributed by atoms with van der Waals surface area (Å²) in [5.41, 5.74) is 0.127. The molecular weight excluding hydrogens is 224 g/mol. The van der Waals surface area contributed by atoms with E-state index in [2.05, 4.69) is 10.3 Å². The third kappa shape index (κ3) is 4.10. The Bertz CT molecular complexity index is 420. The number of carbonyl (C=O) groups excluding carboxylic acids is 1.